The Bertz CT molecular complexity index is 280. The molecule has 0 heterocycles. The first-order valence-corrected chi connectivity index (χ1v) is 15.1. The van der Waals surface area contributed by atoms with Crippen LogP contribution in [0.1, 0.15) is 117 Å². The average molecular weight is 367 g/mol. The molecule has 0 spiro atoms. The molecule has 0 unspecified atom stereocenters. The molecule has 0 aliphatic rings. The molecule has 0 nitrogen and oxygen atoms in total. The minimum atomic E-state index is -0.918. The Morgan fingerprint density at radius 2 is 0.920 bits per heavy atom. The van der Waals surface area contributed by atoms with E-state index in [1.54, 1.807) is 0 Å². The van der Waals surface area contributed by atoms with Crippen LogP contribution in [0.15, 0.2) is 12.2 Å². The van der Waals surface area contributed by atoms with Gasteiger partial charge in [0, 0.05) is 0 Å². The summed E-state index contributed by atoms with van der Waals surface area (Å²) in [7, 11) is -0.918. The molecule has 0 radical (unpaired) electrons. The van der Waals surface area contributed by atoms with Crippen LogP contribution in [0.2, 0.25) is 25.2 Å². The van der Waals surface area contributed by atoms with Gasteiger partial charge in [-0.25, -0.2) is 0 Å². The fraction of sp³-hybridized carbons (Fsp3) is 0.917. The van der Waals surface area contributed by atoms with Gasteiger partial charge in [0.1, 0.15) is 0 Å². The van der Waals surface area contributed by atoms with Crippen molar-refractivity contribution in [3.8, 4) is 0 Å². The molecular weight excluding hydrogens is 316 g/mol. The zero-order valence-corrected chi connectivity index (χ0v) is 19.4. The normalized spacial score (nSPS) is 12.3. The van der Waals surface area contributed by atoms with E-state index in [0.29, 0.717) is 0 Å². The maximum Gasteiger partial charge on any atom is 0.0511 e. The van der Waals surface area contributed by atoms with Gasteiger partial charge in [-0.2, -0.15) is 0 Å². The quantitative estimate of drug-likeness (QED) is 0.121. The van der Waals surface area contributed by atoms with E-state index in [0.717, 1.165) is 0 Å². The smallest absolute Gasteiger partial charge is 0.0511 e. The van der Waals surface area contributed by atoms with Crippen LogP contribution in [0.5, 0.6) is 0 Å². The lowest BCUT2D eigenvalue weighted by Crippen LogP contribution is -2.23. The molecule has 0 aromatic carbocycles. The number of hydrogen-bond acceptors (Lipinski definition) is 0. The monoisotopic (exact) mass is 366 g/mol. The Morgan fingerprint density at radius 3 is 1.28 bits per heavy atom. The minimum Gasteiger partial charge on any atom is -0.0919 e. The van der Waals surface area contributed by atoms with E-state index in [9.17, 15) is 0 Å². The standard InChI is InChI=1S/C24H50Si/c1-5-7-9-10-11-12-13-14-15-16-17-18-19-20-21-22-24-25(3,4)23-8-6-2/h6,8H,5,7,9-24H2,1-4H3. The Balaban J connectivity index is 3.16. The van der Waals surface area contributed by atoms with Gasteiger partial charge in [0.2, 0.25) is 0 Å². The minimum absolute atomic E-state index is 0.918. The predicted molar refractivity (Wildman–Crippen MR) is 121 cm³/mol. The number of unbranched alkanes of at least 4 members (excludes halogenated alkanes) is 15. The summed E-state index contributed by atoms with van der Waals surface area (Å²) in [4.78, 5) is 0. The highest BCUT2D eigenvalue weighted by atomic mass is 28.3. The highest BCUT2D eigenvalue weighted by Crippen LogP contribution is 2.21. The van der Waals surface area contributed by atoms with Crippen molar-refractivity contribution in [2.45, 2.75) is 142 Å². The van der Waals surface area contributed by atoms with E-state index in [1.165, 1.54) is 115 Å². The van der Waals surface area contributed by atoms with Gasteiger partial charge in [-0.15, -0.1) is 0 Å². The molecule has 0 saturated heterocycles. The third kappa shape index (κ3) is 20.1. The summed E-state index contributed by atoms with van der Waals surface area (Å²) in [6.45, 7) is 9.56. The van der Waals surface area contributed by atoms with Crippen LogP contribution in [0.25, 0.3) is 0 Å². The van der Waals surface area contributed by atoms with Crippen molar-refractivity contribution >= 4 is 8.07 Å². The van der Waals surface area contributed by atoms with E-state index in [-0.39, 0.29) is 0 Å². The zero-order chi connectivity index (χ0) is 18.6. The second kappa shape index (κ2) is 18.7. The molecule has 0 aromatic heterocycles. The van der Waals surface area contributed by atoms with Gasteiger partial charge in [-0.05, 0) is 13.0 Å². The van der Waals surface area contributed by atoms with Crippen LogP contribution < -0.4 is 0 Å². The summed E-state index contributed by atoms with van der Waals surface area (Å²) >= 11 is 0. The molecule has 150 valence electrons. The lowest BCUT2D eigenvalue weighted by Gasteiger charge is -2.20. The number of rotatable bonds is 19. The molecule has 0 bridgehead atoms. The van der Waals surface area contributed by atoms with Crippen molar-refractivity contribution in [1.82, 2.24) is 0 Å². The second-order valence-electron chi connectivity index (χ2n) is 8.99. The van der Waals surface area contributed by atoms with E-state index >= 15 is 0 Å². The van der Waals surface area contributed by atoms with Gasteiger partial charge in [0.15, 0.2) is 0 Å². The zero-order valence-electron chi connectivity index (χ0n) is 18.4. The molecule has 0 saturated carbocycles. The summed E-state index contributed by atoms with van der Waals surface area (Å²) in [6.07, 6.45) is 28.2. The SMILES string of the molecule is CC=CC[Si](C)(C)CCCCCCCCCCCCCCCCCC. The van der Waals surface area contributed by atoms with Crippen LogP contribution >= 0.6 is 0 Å². The molecule has 0 fully saturated rings. The summed E-state index contributed by atoms with van der Waals surface area (Å²) in [5.41, 5.74) is 0. The van der Waals surface area contributed by atoms with Gasteiger partial charge < -0.3 is 0 Å². The van der Waals surface area contributed by atoms with Crippen molar-refractivity contribution in [1.29, 1.82) is 0 Å². The molecule has 0 atom stereocenters. The van der Waals surface area contributed by atoms with Crippen molar-refractivity contribution < 1.29 is 0 Å². The largest absolute Gasteiger partial charge is 0.0919 e. The van der Waals surface area contributed by atoms with E-state index in [4.69, 9.17) is 0 Å². The topological polar surface area (TPSA) is 0 Å². The Labute approximate surface area is 162 Å². The van der Waals surface area contributed by atoms with Gasteiger partial charge in [0.25, 0.3) is 0 Å². The number of hydrogen-bond donors (Lipinski definition) is 0. The maximum atomic E-state index is 2.55. The molecule has 25 heavy (non-hydrogen) atoms. The maximum absolute atomic E-state index is 2.55. The highest BCUT2D eigenvalue weighted by Gasteiger charge is 2.17. The van der Waals surface area contributed by atoms with Crippen LogP contribution in [0.4, 0.5) is 0 Å². The molecule has 0 rings (SSSR count). The molecule has 0 aliphatic carbocycles. The molecule has 1 heteroatoms. The predicted octanol–water partition coefficient (Wildman–Crippen LogP) is 9.53. The second-order valence-corrected chi connectivity index (χ2v) is 14.2. The third-order valence-electron chi connectivity index (χ3n) is 5.61. The molecule has 0 aliphatic heterocycles. The van der Waals surface area contributed by atoms with E-state index < -0.39 is 8.07 Å². The van der Waals surface area contributed by atoms with Crippen molar-refractivity contribution in [2.24, 2.45) is 0 Å². The number of allylic oxidation sites excluding steroid dienone is 2. The Kier molecular flexibility index (Phi) is 18.7. The third-order valence-corrected chi connectivity index (χ3v) is 8.66. The Morgan fingerprint density at radius 1 is 0.560 bits per heavy atom. The summed E-state index contributed by atoms with van der Waals surface area (Å²) < 4.78 is 0. The first-order valence-electron chi connectivity index (χ1n) is 11.7. The molecule has 0 N–H and O–H groups in total. The van der Waals surface area contributed by atoms with Crippen molar-refractivity contribution in [2.75, 3.05) is 0 Å². The fourth-order valence-electron chi connectivity index (χ4n) is 3.69. The fourth-order valence-corrected chi connectivity index (χ4v) is 5.98. The van der Waals surface area contributed by atoms with Gasteiger partial charge in [0.05, 0.1) is 8.07 Å². The first kappa shape index (κ1) is 25.0. The highest BCUT2D eigenvalue weighted by molar-refractivity contribution is 6.77. The first-order chi connectivity index (χ1) is 12.1. The lowest BCUT2D eigenvalue weighted by molar-refractivity contribution is 0.531. The van der Waals surface area contributed by atoms with Crippen LogP contribution in [-0.2, 0) is 0 Å². The molecular formula is C24H50Si. The Hall–Kier alpha value is -0.0431. The average Bonchev–Trinajstić information content (AvgIpc) is 2.59. The van der Waals surface area contributed by atoms with Crippen LogP contribution in [-0.4, -0.2) is 8.07 Å². The van der Waals surface area contributed by atoms with Gasteiger partial charge in [-0.1, -0.05) is 141 Å². The lowest BCUT2D eigenvalue weighted by atomic mass is 10.0. The van der Waals surface area contributed by atoms with Gasteiger partial charge >= 0.3 is 0 Å². The van der Waals surface area contributed by atoms with Crippen LogP contribution in [0, 0.1) is 0 Å². The van der Waals surface area contributed by atoms with Crippen molar-refractivity contribution in [3.63, 3.8) is 0 Å². The van der Waals surface area contributed by atoms with Gasteiger partial charge in [-0.3, -0.25) is 0 Å². The summed E-state index contributed by atoms with van der Waals surface area (Å²) in [6, 6.07) is 2.90. The van der Waals surface area contributed by atoms with Crippen LogP contribution in [0.3, 0.4) is 0 Å². The summed E-state index contributed by atoms with van der Waals surface area (Å²) in [5.74, 6) is 0. The van der Waals surface area contributed by atoms with E-state index in [2.05, 4.69) is 39.1 Å². The van der Waals surface area contributed by atoms with E-state index in [1.807, 2.05) is 0 Å². The molecule has 0 aromatic rings. The summed E-state index contributed by atoms with van der Waals surface area (Å²) in [5, 5.41) is 0. The molecule has 0 amide bonds. The van der Waals surface area contributed by atoms with Crippen molar-refractivity contribution in [3.05, 3.63) is 12.2 Å².